The van der Waals surface area contributed by atoms with Crippen molar-refractivity contribution in [1.29, 1.82) is 0 Å². The van der Waals surface area contributed by atoms with Gasteiger partial charge in [-0.2, -0.15) is 0 Å². The van der Waals surface area contributed by atoms with Crippen LogP contribution < -0.4 is 5.32 Å². The minimum atomic E-state index is -0.544. The van der Waals surface area contributed by atoms with E-state index in [1.807, 2.05) is 12.1 Å². The van der Waals surface area contributed by atoms with E-state index in [1.165, 1.54) is 0 Å². The van der Waals surface area contributed by atoms with Crippen LogP contribution in [0, 0.1) is 10.8 Å². The number of rotatable bonds is 1. The Hall–Kier alpha value is -1.36. The predicted molar refractivity (Wildman–Crippen MR) is 94.0 cm³/mol. The molecule has 1 N–H and O–H groups in total. The van der Waals surface area contributed by atoms with E-state index in [0.29, 0.717) is 12.2 Å². The second kappa shape index (κ2) is 5.62. The van der Waals surface area contributed by atoms with Crippen molar-refractivity contribution in [3.8, 4) is 0 Å². The molecule has 2 bridgehead atoms. The lowest BCUT2D eigenvalue weighted by atomic mass is 9.65. The number of anilines is 1. The van der Waals surface area contributed by atoms with Crippen molar-refractivity contribution in [3.05, 3.63) is 28.7 Å². The summed E-state index contributed by atoms with van der Waals surface area (Å²) < 4.78 is 0.869. The van der Waals surface area contributed by atoms with E-state index >= 15 is 0 Å². The largest absolute Gasteiger partial charge is 0.331 e. The van der Waals surface area contributed by atoms with Crippen LogP contribution in [0.15, 0.2) is 28.7 Å². The first-order valence-corrected chi connectivity index (χ1v) is 8.84. The Balaban J connectivity index is 1.72. The first kappa shape index (κ1) is 16.5. The predicted octanol–water partition coefficient (Wildman–Crippen LogP) is 3.81. The van der Waals surface area contributed by atoms with Gasteiger partial charge >= 0.3 is 11.8 Å². The summed E-state index contributed by atoms with van der Waals surface area (Å²) in [6.07, 6.45) is 3.08. The summed E-state index contributed by atoms with van der Waals surface area (Å²) in [6, 6.07) is 7.46. The summed E-state index contributed by atoms with van der Waals surface area (Å²) in [5.41, 5.74) is 0.998. The highest BCUT2D eigenvalue weighted by Crippen LogP contribution is 2.52. The maximum atomic E-state index is 12.6. The third kappa shape index (κ3) is 3.44. The zero-order valence-electron chi connectivity index (χ0n) is 13.9. The summed E-state index contributed by atoms with van der Waals surface area (Å²) in [5, 5.41) is 2.71. The Morgan fingerprint density at radius 3 is 2.70 bits per heavy atom. The van der Waals surface area contributed by atoms with E-state index in [1.54, 1.807) is 17.0 Å². The van der Waals surface area contributed by atoms with Gasteiger partial charge in [-0.25, -0.2) is 0 Å². The Morgan fingerprint density at radius 1 is 1.26 bits per heavy atom. The van der Waals surface area contributed by atoms with Crippen LogP contribution in [0.3, 0.4) is 0 Å². The van der Waals surface area contributed by atoms with E-state index in [0.717, 1.165) is 23.7 Å². The quantitative estimate of drug-likeness (QED) is 0.755. The van der Waals surface area contributed by atoms with Crippen LogP contribution in [0.4, 0.5) is 5.69 Å². The van der Waals surface area contributed by atoms with Gasteiger partial charge in [0, 0.05) is 22.7 Å². The topological polar surface area (TPSA) is 49.4 Å². The fraction of sp³-hybridized carbons (Fsp3) is 0.556. The van der Waals surface area contributed by atoms with Crippen LogP contribution in [-0.4, -0.2) is 29.3 Å². The summed E-state index contributed by atoms with van der Waals surface area (Å²) in [6.45, 7) is 7.44. The molecule has 2 atom stereocenters. The fourth-order valence-electron chi connectivity index (χ4n) is 4.58. The van der Waals surface area contributed by atoms with E-state index in [2.05, 4.69) is 42.0 Å². The van der Waals surface area contributed by atoms with Crippen molar-refractivity contribution in [1.82, 2.24) is 4.90 Å². The lowest BCUT2D eigenvalue weighted by Gasteiger charge is -2.39. The number of nitrogens with one attached hydrogen (secondary N) is 1. The molecule has 1 saturated heterocycles. The minimum Gasteiger partial charge on any atom is -0.331 e. The van der Waals surface area contributed by atoms with Gasteiger partial charge in [0.1, 0.15) is 0 Å². The van der Waals surface area contributed by atoms with E-state index < -0.39 is 11.8 Å². The molecule has 2 unspecified atom stereocenters. The van der Waals surface area contributed by atoms with Gasteiger partial charge in [0.2, 0.25) is 0 Å². The number of carbonyl (C=O) groups is 2. The number of fused-ring (bicyclic) bond motifs is 2. The summed E-state index contributed by atoms with van der Waals surface area (Å²) in [7, 11) is 0. The molecule has 2 fully saturated rings. The number of hydrogen-bond acceptors (Lipinski definition) is 2. The maximum Gasteiger partial charge on any atom is 0.313 e. The van der Waals surface area contributed by atoms with Gasteiger partial charge in [-0.3, -0.25) is 9.59 Å². The highest BCUT2D eigenvalue weighted by Gasteiger charge is 2.51. The molecule has 1 saturated carbocycles. The summed E-state index contributed by atoms with van der Waals surface area (Å²) in [5.74, 6) is -0.951. The van der Waals surface area contributed by atoms with Crippen molar-refractivity contribution >= 4 is 33.4 Å². The Morgan fingerprint density at radius 2 is 2.00 bits per heavy atom. The molecule has 1 aliphatic carbocycles. The lowest BCUT2D eigenvalue weighted by molar-refractivity contribution is -0.144. The molecule has 0 aromatic heterocycles. The van der Waals surface area contributed by atoms with Gasteiger partial charge in [0.25, 0.3) is 0 Å². The smallest absolute Gasteiger partial charge is 0.313 e. The van der Waals surface area contributed by atoms with Crippen LogP contribution >= 0.6 is 15.9 Å². The van der Waals surface area contributed by atoms with Gasteiger partial charge in [-0.15, -0.1) is 0 Å². The van der Waals surface area contributed by atoms with Crippen LogP contribution in [-0.2, 0) is 9.59 Å². The van der Waals surface area contributed by atoms with E-state index in [-0.39, 0.29) is 16.9 Å². The molecule has 1 aromatic rings. The molecular formula is C18H23BrN2O2. The first-order valence-electron chi connectivity index (χ1n) is 8.05. The third-order valence-corrected chi connectivity index (χ3v) is 5.45. The average Bonchev–Trinajstić information content (AvgIpc) is 2.67. The molecule has 124 valence electrons. The molecule has 23 heavy (non-hydrogen) atoms. The molecule has 2 amide bonds. The Labute approximate surface area is 145 Å². The standard InChI is InChI=1S/C18H23BrN2O2/c1-17(2)8-14-9-18(3,10-17)11-21(14)16(23)15(22)20-13-6-4-5-12(19)7-13/h4-7,14H,8-11H2,1-3H3,(H,20,22). The van der Waals surface area contributed by atoms with Gasteiger partial charge < -0.3 is 10.2 Å². The van der Waals surface area contributed by atoms with Crippen molar-refractivity contribution in [2.45, 2.75) is 46.1 Å². The third-order valence-electron chi connectivity index (χ3n) is 4.95. The second-order valence-electron chi connectivity index (χ2n) is 8.11. The SMILES string of the molecule is CC1(C)CC2CC(C)(CN2C(=O)C(=O)Nc2cccc(Br)c2)C1. The van der Waals surface area contributed by atoms with Crippen molar-refractivity contribution in [3.63, 3.8) is 0 Å². The number of likely N-dealkylation sites (tertiary alicyclic amines) is 1. The molecule has 3 rings (SSSR count). The average molecular weight is 379 g/mol. The Bertz CT molecular complexity index is 658. The molecule has 0 spiro atoms. The van der Waals surface area contributed by atoms with Gasteiger partial charge in [-0.1, -0.05) is 42.8 Å². The lowest BCUT2D eigenvalue weighted by Crippen LogP contribution is -2.43. The molecule has 5 heteroatoms. The summed E-state index contributed by atoms with van der Waals surface area (Å²) in [4.78, 5) is 26.8. The zero-order chi connectivity index (χ0) is 16.8. The van der Waals surface area contributed by atoms with Gasteiger partial charge in [0.15, 0.2) is 0 Å². The first-order chi connectivity index (χ1) is 10.7. The monoisotopic (exact) mass is 378 g/mol. The number of halogens is 1. The number of hydrogen-bond donors (Lipinski definition) is 1. The maximum absolute atomic E-state index is 12.6. The number of carbonyl (C=O) groups excluding carboxylic acids is 2. The van der Waals surface area contributed by atoms with Crippen LogP contribution in [0.1, 0.15) is 40.0 Å². The van der Waals surface area contributed by atoms with Crippen LogP contribution in [0.25, 0.3) is 0 Å². The number of nitrogens with zero attached hydrogens (tertiary/aromatic N) is 1. The highest BCUT2D eigenvalue weighted by atomic mass is 79.9. The normalized spacial score (nSPS) is 28.5. The van der Waals surface area contributed by atoms with Crippen molar-refractivity contribution < 1.29 is 9.59 Å². The minimum absolute atomic E-state index is 0.137. The van der Waals surface area contributed by atoms with Gasteiger partial charge in [0.05, 0.1) is 0 Å². The molecular weight excluding hydrogens is 356 g/mol. The second-order valence-corrected chi connectivity index (χ2v) is 9.03. The van der Waals surface area contributed by atoms with Crippen LogP contribution in [0.5, 0.6) is 0 Å². The molecule has 2 aliphatic rings. The fourth-order valence-corrected chi connectivity index (χ4v) is 4.98. The number of benzene rings is 1. The van der Waals surface area contributed by atoms with Crippen molar-refractivity contribution in [2.24, 2.45) is 10.8 Å². The zero-order valence-corrected chi connectivity index (χ0v) is 15.4. The molecule has 1 heterocycles. The highest BCUT2D eigenvalue weighted by molar-refractivity contribution is 9.10. The molecule has 4 nitrogen and oxygen atoms in total. The Kier molecular flexibility index (Phi) is 4.03. The van der Waals surface area contributed by atoms with Crippen molar-refractivity contribution in [2.75, 3.05) is 11.9 Å². The summed E-state index contributed by atoms with van der Waals surface area (Å²) >= 11 is 3.37. The molecule has 0 radical (unpaired) electrons. The molecule has 1 aliphatic heterocycles. The van der Waals surface area contributed by atoms with E-state index in [4.69, 9.17) is 0 Å². The number of amides is 2. The van der Waals surface area contributed by atoms with Crippen LogP contribution in [0.2, 0.25) is 0 Å². The van der Waals surface area contributed by atoms with Gasteiger partial charge in [-0.05, 0) is 48.3 Å². The molecule has 1 aromatic carbocycles. The van der Waals surface area contributed by atoms with E-state index in [9.17, 15) is 9.59 Å².